The molecule has 3 aliphatic rings. The number of hydrogen-bond donors (Lipinski definition) is 0. The second-order valence-corrected chi connectivity index (χ2v) is 6.92. The van der Waals surface area contributed by atoms with Crippen LogP contribution >= 0.6 is 11.6 Å². The Balaban J connectivity index is 1.90. The normalized spacial score (nSPS) is 30.0. The van der Waals surface area contributed by atoms with Crippen LogP contribution < -0.4 is 0 Å². The number of halogens is 2. The number of alkyl halides is 1. The first-order valence-corrected chi connectivity index (χ1v) is 8.11. The van der Waals surface area contributed by atoms with Gasteiger partial charge in [-0.3, -0.25) is 0 Å². The van der Waals surface area contributed by atoms with Crippen molar-refractivity contribution in [3.63, 3.8) is 0 Å². The maximum Gasteiger partial charge on any atom is 0.151 e. The fourth-order valence-electron chi connectivity index (χ4n) is 3.96. The molecule has 2 atom stereocenters. The molecule has 5 rings (SSSR count). The van der Waals surface area contributed by atoms with Gasteiger partial charge in [0.2, 0.25) is 0 Å². The summed E-state index contributed by atoms with van der Waals surface area (Å²) in [6.07, 6.45) is 2.44. The fourth-order valence-corrected chi connectivity index (χ4v) is 4.11. The molecule has 3 fully saturated rings. The van der Waals surface area contributed by atoms with E-state index in [0.717, 1.165) is 17.9 Å². The van der Waals surface area contributed by atoms with E-state index >= 15 is 0 Å². The minimum Gasteiger partial charge on any atom is -0.322 e. The summed E-state index contributed by atoms with van der Waals surface area (Å²) in [5, 5.41) is -0.216. The zero-order chi connectivity index (χ0) is 14.6. The van der Waals surface area contributed by atoms with Gasteiger partial charge in [-0.25, -0.2) is 9.37 Å². The third-order valence-electron chi connectivity index (χ3n) is 5.01. The predicted octanol–water partition coefficient (Wildman–Crippen LogP) is 3.74. The Morgan fingerprint density at radius 3 is 2.71 bits per heavy atom. The highest BCUT2D eigenvalue weighted by molar-refractivity contribution is 6.20. The monoisotopic (exact) mass is 307 g/mol. The van der Waals surface area contributed by atoms with E-state index < -0.39 is 0 Å². The highest BCUT2D eigenvalue weighted by Crippen LogP contribution is 2.40. The number of para-hydroxylation sites is 1. The van der Waals surface area contributed by atoms with E-state index in [1.165, 1.54) is 32.0 Å². The van der Waals surface area contributed by atoms with Crippen LogP contribution in [0.15, 0.2) is 18.2 Å². The largest absolute Gasteiger partial charge is 0.322 e. The predicted molar refractivity (Wildman–Crippen MR) is 82.2 cm³/mol. The number of piperidine rings is 3. The molecule has 1 aromatic carbocycles. The average Bonchev–Trinajstić information content (AvgIpc) is 2.89. The Morgan fingerprint density at radius 1 is 1.33 bits per heavy atom. The van der Waals surface area contributed by atoms with Gasteiger partial charge in [-0.15, -0.1) is 11.6 Å². The van der Waals surface area contributed by atoms with Gasteiger partial charge in [-0.1, -0.05) is 6.07 Å². The van der Waals surface area contributed by atoms with Gasteiger partial charge < -0.3 is 9.47 Å². The minimum atomic E-state index is -0.258. The molecule has 0 spiro atoms. The van der Waals surface area contributed by atoms with E-state index in [1.54, 1.807) is 6.07 Å². The van der Waals surface area contributed by atoms with Crippen LogP contribution in [-0.2, 0) is 0 Å². The van der Waals surface area contributed by atoms with E-state index in [-0.39, 0.29) is 11.2 Å². The lowest BCUT2D eigenvalue weighted by Crippen LogP contribution is -2.48. The second-order valence-electron chi connectivity index (χ2n) is 6.27. The Hall–Kier alpha value is -1.13. The van der Waals surface area contributed by atoms with Crippen molar-refractivity contribution in [3.8, 4) is 0 Å². The number of rotatable bonds is 2. The van der Waals surface area contributed by atoms with Crippen molar-refractivity contribution in [1.29, 1.82) is 0 Å². The van der Waals surface area contributed by atoms with Gasteiger partial charge in [0.25, 0.3) is 0 Å². The van der Waals surface area contributed by atoms with Crippen LogP contribution in [0.25, 0.3) is 11.0 Å². The summed E-state index contributed by atoms with van der Waals surface area (Å²) < 4.78 is 16.3. The van der Waals surface area contributed by atoms with Crippen LogP contribution in [0.1, 0.15) is 37.0 Å². The summed E-state index contributed by atoms with van der Waals surface area (Å²) in [4.78, 5) is 7.01. The van der Waals surface area contributed by atoms with Crippen molar-refractivity contribution in [2.75, 3.05) is 19.6 Å². The fraction of sp³-hybridized carbons (Fsp3) is 0.562. The van der Waals surface area contributed by atoms with Gasteiger partial charge in [0, 0.05) is 6.54 Å². The van der Waals surface area contributed by atoms with Gasteiger partial charge >= 0.3 is 0 Å². The zero-order valence-corrected chi connectivity index (χ0v) is 12.9. The van der Waals surface area contributed by atoms with Crippen LogP contribution in [0.2, 0.25) is 0 Å². The van der Waals surface area contributed by atoms with Crippen molar-refractivity contribution in [2.45, 2.75) is 31.2 Å². The highest BCUT2D eigenvalue weighted by atomic mass is 35.5. The quantitative estimate of drug-likeness (QED) is 0.788. The number of imidazole rings is 1. The SMILES string of the molecule is CC(Cl)c1nc2c(F)cccc2n1C1CN2CCC1CC2. The minimum absolute atomic E-state index is 0.216. The van der Waals surface area contributed by atoms with Crippen molar-refractivity contribution in [2.24, 2.45) is 5.92 Å². The molecule has 2 unspecified atom stereocenters. The lowest BCUT2D eigenvalue weighted by atomic mass is 9.83. The summed E-state index contributed by atoms with van der Waals surface area (Å²) in [5.41, 5.74) is 1.34. The van der Waals surface area contributed by atoms with Crippen LogP contribution in [0, 0.1) is 11.7 Å². The molecule has 0 radical (unpaired) electrons. The van der Waals surface area contributed by atoms with Gasteiger partial charge in [0.15, 0.2) is 5.82 Å². The van der Waals surface area contributed by atoms with Crippen LogP contribution in [-0.4, -0.2) is 34.1 Å². The summed E-state index contributed by atoms with van der Waals surface area (Å²) in [6, 6.07) is 5.57. The second kappa shape index (κ2) is 4.96. The third-order valence-corrected chi connectivity index (χ3v) is 5.20. The maximum atomic E-state index is 14.1. The van der Waals surface area contributed by atoms with Crippen LogP contribution in [0.3, 0.4) is 0 Å². The first-order valence-electron chi connectivity index (χ1n) is 7.68. The molecular weight excluding hydrogens is 289 g/mol. The van der Waals surface area contributed by atoms with Crippen molar-refractivity contribution in [3.05, 3.63) is 29.8 Å². The number of hydrogen-bond acceptors (Lipinski definition) is 2. The molecule has 1 aromatic heterocycles. The maximum absolute atomic E-state index is 14.1. The van der Waals surface area contributed by atoms with Gasteiger partial charge in [-0.05, 0) is 50.9 Å². The molecule has 0 amide bonds. The average molecular weight is 308 g/mol. The molecule has 0 saturated carbocycles. The lowest BCUT2D eigenvalue weighted by molar-refractivity contribution is 0.0575. The van der Waals surface area contributed by atoms with E-state index in [0.29, 0.717) is 17.5 Å². The third kappa shape index (κ3) is 2.08. The number of nitrogens with zero attached hydrogens (tertiary/aromatic N) is 3. The van der Waals surface area contributed by atoms with E-state index in [2.05, 4.69) is 14.5 Å². The Kier molecular flexibility index (Phi) is 3.19. The molecule has 0 aliphatic carbocycles. The Labute approximate surface area is 128 Å². The summed E-state index contributed by atoms with van der Waals surface area (Å²) in [7, 11) is 0. The van der Waals surface area contributed by atoms with Gasteiger partial charge in [0.1, 0.15) is 11.3 Å². The molecule has 3 nitrogen and oxygen atoms in total. The van der Waals surface area contributed by atoms with Crippen LogP contribution in [0.4, 0.5) is 4.39 Å². The van der Waals surface area contributed by atoms with Gasteiger partial charge in [0.05, 0.1) is 16.9 Å². The number of aromatic nitrogens is 2. The standard InChI is InChI=1S/C16H19ClFN3/c1-10(17)16-19-15-12(18)3-2-4-13(15)21(16)14-9-20-7-5-11(14)6-8-20/h2-4,10-11,14H,5-9H2,1H3. The van der Waals surface area contributed by atoms with E-state index in [9.17, 15) is 4.39 Å². The van der Waals surface area contributed by atoms with Gasteiger partial charge in [-0.2, -0.15) is 0 Å². The summed E-state index contributed by atoms with van der Waals surface area (Å²) >= 11 is 6.33. The van der Waals surface area contributed by atoms with E-state index in [1.807, 2.05) is 13.0 Å². The Bertz CT molecular complexity index is 673. The van der Waals surface area contributed by atoms with Crippen LogP contribution in [0.5, 0.6) is 0 Å². The first-order chi connectivity index (χ1) is 10.1. The van der Waals surface area contributed by atoms with E-state index in [4.69, 9.17) is 11.6 Å². The molecule has 3 aliphatic heterocycles. The lowest BCUT2D eigenvalue weighted by Gasteiger charge is -2.46. The molecule has 3 saturated heterocycles. The number of benzene rings is 1. The Morgan fingerprint density at radius 2 is 2.10 bits per heavy atom. The molecule has 5 heteroatoms. The highest BCUT2D eigenvalue weighted by Gasteiger charge is 2.37. The van der Waals surface area contributed by atoms with Crippen molar-refractivity contribution >= 4 is 22.6 Å². The molecule has 112 valence electrons. The zero-order valence-electron chi connectivity index (χ0n) is 12.1. The molecule has 21 heavy (non-hydrogen) atoms. The first kappa shape index (κ1) is 13.5. The molecular formula is C16H19ClFN3. The summed E-state index contributed by atoms with van der Waals surface area (Å²) in [5.74, 6) is 1.20. The molecule has 4 heterocycles. The molecule has 2 aromatic rings. The van der Waals surface area contributed by atoms with Crippen molar-refractivity contribution < 1.29 is 4.39 Å². The topological polar surface area (TPSA) is 21.1 Å². The summed E-state index contributed by atoms with van der Waals surface area (Å²) in [6.45, 7) is 5.32. The number of fused-ring (bicyclic) bond motifs is 4. The molecule has 0 N–H and O–H groups in total. The van der Waals surface area contributed by atoms with Crippen molar-refractivity contribution in [1.82, 2.24) is 14.5 Å². The smallest absolute Gasteiger partial charge is 0.151 e. The molecule has 2 bridgehead atoms.